The SMILES string of the molecule is CCOc1ccc(C(F)(F)F)cc1NC(=O)N1CCCCC1CCO. The highest BCUT2D eigenvalue weighted by Crippen LogP contribution is 2.35. The van der Waals surface area contributed by atoms with Crippen molar-refractivity contribution in [1.29, 1.82) is 0 Å². The summed E-state index contributed by atoms with van der Waals surface area (Å²) in [6.45, 7) is 2.46. The lowest BCUT2D eigenvalue weighted by atomic mass is 10.00. The number of aliphatic hydroxyl groups is 1. The molecular weight excluding hydrogens is 337 g/mol. The number of rotatable bonds is 5. The number of amides is 2. The number of urea groups is 1. The van der Waals surface area contributed by atoms with Gasteiger partial charge >= 0.3 is 12.2 Å². The van der Waals surface area contributed by atoms with Gasteiger partial charge in [-0.1, -0.05) is 0 Å². The minimum Gasteiger partial charge on any atom is -0.492 e. The number of aliphatic hydroxyl groups excluding tert-OH is 1. The quantitative estimate of drug-likeness (QED) is 0.838. The summed E-state index contributed by atoms with van der Waals surface area (Å²) in [5.74, 6) is 0.194. The first-order valence-electron chi connectivity index (χ1n) is 8.39. The van der Waals surface area contributed by atoms with Crippen molar-refractivity contribution in [1.82, 2.24) is 4.90 Å². The third-order valence-corrected chi connectivity index (χ3v) is 4.20. The number of hydrogen-bond donors (Lipinski definition) is 2. The average Bonchev–Trinajstić information content (AvgIpc) is 2.56. The molecule has 25 heavy (non-hydrogen) atoms. The Bertz CT molecular complexity index is 591. The van der Waals surface area contributed by atoms with Gasteiger partial charge in [0.25, 0.3) is 0 Å². The number of nitrogens with one attached hydrogen (secondary N) is 1. The van der Waals surface area contributed by atoms with Crippen LogP contribution in [0.25, 0.3) is 0 Å². The maximum Gasteiger partial charge on any atom is 0.416 e. The first-order valence-corrected chi connectivity index (χ1v) is 8.39. The topological polar surface area (TPSA) is 61.8 Å². The molecule has 1 fully saturated rings. The van der Waals surface area contributed by atoms with Crippen LogP contribution in [-0.2, 0) is 6.18 Å². The molecule has 1 saturated heterocycles. The Morgan fingerprint density at radius 2 is 2.16 bits per heavy atom. The van der Waals surface area contributed by atoms with Gasteiger partial charge in [0, 0.05) is 19.2 Å². The highest BCUT2D eigenvalue weighted by atomic mass is 19.4. The largest absolute Gasteiger partial charge is 0.492 e. The number of nitrogens with zero attached hydrogens (tertiary/aromatic N) is 1. The van der Waals surface area contributed by atoms with Crippen LogP contribution in [0.3, 0.4) is 0 Å². The molecule has 140 valence electrons. The first-order chi connectivity index (χ1) is 11.9. The highest BCUT2D eigenvalue weighted by molar-refractivity contribution is 5.91. The molecule has 2 N–H and O–H groups in total. The van der Waals surface area contributed by atoms with Crippen molar-refractivity contribution >= 4 is 11.7 Å². The Kier molecular flexibility index (Phi) is 6.52. The maximum absolute atomic E-state index is 12.9. The minimum absolute atomic E-state index is 0.00463. The molecule has 0 aliphatic carbocycles. The maximum atomic E-state index is 12.9. The lowest BCUT2D eigenvalue weighted by Crippen LogP contribution is -2.46. The second-order valence-electron chi connectivity index (χ2n) is 5.93. The number of piperidine rings is 1. The number of carbonyl (C=O) groups excluding carboxylic acids is 1. The van der Waals surface area contributed by atoms with E-state index in [4.69, 9.17) is 9.84 Å². The third-order valence-electron chi connectivity index (χ3n) is 4.20. The number of carbonyl (C=O) groups is 1. The van der Waals surface area contributed by atoms with E-state index in [-0.39, 0.29) is 30.7 Å². The summed E-state index contributed by atoms with van der Waals surface area (Å²) in [6, 6.07) is 2.44. The third kappa shape index (κ3) is 5.01. The van der Waals surface area contributed by atoms with Gasteiger partial charge in [-0.3, -0.25) is 0 Å². The van der Waals surface area contributed by atoms with Crippen molar-refractivity contribution in [2.24, 2.45) is 0 Å². The molecule has 0 radical (unpaired) electrons. The highest BCUT2D eigenvalue weighted by Gasteiger charge is 2.32. The molecule has 0 bridgehead atoms. The van der Waals surface area contributed by atoms with Gasteiger partial charge < -0.3 is 20.1 Å². The zero-order chi connectivity index (χ0) is 18.4. The normalized spacial score (nSPS) is 18.1. The van der Waals surface area contributed by atoms with E-state index in [0.29, 0.717) is 13.0 Å². The number of anilines is 1. The minimum atomic E-state index is -4.51. The van der Waals surface area contributed by atoms with E-state index in [1.54, 1.807) is 11.8 Å². The summed E-state index contributed by atoms with van der Waals surface area (Å²) in [4.78, 5) is 14.1. The zero-order valence-corrected chi connectivity index (χ0v) is 14.1. The van der Waals surface area contributed by atoms with Gasteiger partial charge in [0.05, 0.1) is 17.9 Å². The Morgan fingerprint density at radius 1 is 1.40 bits per heavy atom. The van der Waals surface area contributed by atoms with Crippen LogP contribution in [0.4, 0.5) is 23.7 Å². The molecule has 0 saturated carbocycles. The van der Waals surface area contributed by atoms with Crippen LogP contribution in [0.15, 0.2) is 18.2 Å². The summed E-state index contributed by atoms with van der Waals surface area (Å²) in [5, 5.41) is 11.7. The molecule has 1 heterocycles. The van der Waals surface area contributed by atoms with Gasteiger partial charge in [-0.15, -0.1) is 0 Å². The molecule has 0 spiro atoms. The summed E-state index contributed by atoms with van der Waals surface area (Å²) >= 11 is 0. The lowest BCUT2D eigenvalue weighted by molar-refractivity contribution is -0.137. The van der Waals surface area contributed by atoms with Gasteiger partial charge in [-0.25, -0.2) is 4.79 Å². The average molecular weight is 360 g/mol. The Balaban J connectivity index is 2.22. The molecule has 2 amide bonds. The summed E-state index contributed by atoms with van der Waals surface area (Å²) in [7, 11) is 0. The standard InChI is InChI=1S/C17H23F3N2O3/c1-2-25-15-7-6-12(17(18,19)20)11-14(15)21-16(24)22-9-4-3-5-13(22)8-10-23/h6-7,11,13,23H,2-5,8-10H2,1H3,(H,21,24). The monoisotopic (exact) mass is 360 g/mol. The van der Waals surface area contributed by atoms with E-state index in [1.807, 2.05) is 0 Å². The number of likely N-dealkylation sites (tertiary alicyclic amines) is 1. The smallest absolute Gasteiger partial charge is 0.416 e. The Labute approximate surface area is 144 Å². The molecule has 1 aliphatic rings. The van der Waals surface area contributed by atoms with Crippen molar-refractivity contribution < 1.29 is 27.8 Å². The van der Waals surface area contributed by atoms with Crippen molar-refractivity contribution in [2.45, 2.75) is 44.8 Å². The summed E-state index contributed by atoms with van der Waals surface area (Å²) in [6.07, 6.45) is -1.49. The van der Waals surface area contributed by atoms with E-state index >= 15 is 0 Å². The van der Waals surface area contributed by atoms with Gasteiger partial charge in [-0.2, -0.15) is 13.2 Å². The van der Waals surface area contributed by atoms with E-state index in [9.17, 15) is 18.0 Å². The van der Waals surface area contributed by atoms with E-state index < -0.39 is 17.8 Å². The van der Waals surface area contributed by atoms with Crippen molar-refractivity contribution in [3.63, 3.8) is 0 Å². The van der Waals surface area contributed by atoms with Crippen molar-refractivity contribution in [3.05, 3.63) is 23.8 Å². The van der Waals surface area contributed by atoms with E-state index in [1.165, 1.54) is 6.07 Å². The lowest BCUT2D eigenvalue weighted by Gasteiger charge is -2.35. The fourth-order valence-electron chi connectivity index (χ4n) is 2.99. The molecule has 1 aliphatic heterocycles. The Hall–Kier alpha value is -1.96. The van der Waals surface area contributed by atoms with Crippen molar-refractivity contribution in [3.8, 4) is 5.75 Å². The number of alkyl halides is 3. The number of benzene rings is 1. The molecule has 1 aromatic rings. The number of halogens is 3. The van der Waals surface area contributed by atoms with Gasteiger partial charge in [0.15, 0.2) is 0 Å². The predicted molar refractivity (Wildman–Crippen MR) is 87.7 cm³/mol. The molecule has 1 unspecified atom stereocenters. The predicted octanol–water partition coefficient (Wildman–Crippen LogP) is 3.87. The molecule has 8 heteroatoms. The van der Waals surface area contributed by atoms with Gasteiger partial charge in [0.1, 0.15) is 5.75 Å². The fraction of sp³-hybridized carbons (Fsp3) is 0.588. The molecule has 2 rings (SSSR count). The molecule has 1 aromatic carbocycles. The summed E-state index contributed by atoms with van der Waals surface area (Å²) < 4.78 is 44.2. The van der Waals surface area contributed by atoms with Gasteiger partial charge in [0.2, 0.25) is 0 Å². The van der Waals surface area contributed by atoms with E-state index in [0.717, 1.165) is 31.4 Å². The Morgan fingerprint density at radius 3 is 2.80 bits per heavy atom. The van der Waals surface area contributed by atoms with Crippen molar-refractivity contribution in [2.75, 3.05) is 25.1 Å². The number of ether oxygens (including phenoxy) is 1. The molecule has 5 nitrogen and oxygen atoms in total. The molecular formula is C17H23F3N2O3. The van der Waals surface area contributed by atoms with Crippen LogP contribution in [0, 0.1) is 0 Å². The van der Waals surface area contributed by atoms with Crippen LogP contribution < -0.4 is 10.1 Å². The number of hydrogen-bond acceptors (Lipinski definition) is 3. The second kappa shape index (κ2) is 8.42. The van der Waals surface area contributed by atoms with Gasteiger partial charge in [-0.05, 0) is 50.8 Å². The fourth-order valence-corrected chi connectivity index (χ4v) is 2.99. The van der Waals surface area contributed by atoms with E-state index in [2.05, 4.69) is 5.32 Å². The second-order valence-corrected chi connectivity index (χ2v) is 5.93. The van der Waals surface area contributed by atoms with Crippen LogP contribution >= 0.6 is 0 Å². The zero-order valence-electron chi connectivity index (χ0n) is 14.1. The molecule has 1 atom stereocenters. The molecule has 0 aromatic heterocycles. The van der Waals surface area contributed by atoms with Crippen LogP contribution in [-0.4, -0.2) is 41.8 Å². The first kappa shape index (κ1) is 19.4. The van der Waals surface area contributed by atoms with Crippen LogP contribution in [0.5, 0.6) is 5.75 Å². The van der Waals surface area contributed by atoms with Crippen LogP contribution in [0.1, 0.15) is 38.2 Å². The summed E-state index contributed by atoms with van der Waals surface area (Å²) in [5.41, 5.74) is -0.855. The van der Waals surface area contributed by atoms with Crippen LogP contribution in [0.2, 0.25) is 0 Å².